The van der Waals surface area contributed by atoms with Crippen molar-refractivity contribution in [1.29, 1.82) is 0 Å². The van der Waals surface area contributed by atoms with E-state index in [1.807, 2.05) is 12.4 Å². The van der Waals surface area contributed by atoms with Crippen LogP contribution < -0.4 is 5.32 Å². The van der Waals surface area contributed by atoms with Crippen molar-refractivity contribution in [1.82, 2.24) is 5.32 Å². The summed E-state index contributed by atoms with van der Waals surface area (Å²) in [6.45, 7) is 2.15. The summed E-state index contributed by atoms with van der Waals surface area (Å²) in [7, 11) is 0. The van der Waals surface area contributed by atoms with Gasteiger partial charge in [0, 0.05) is 11.6 Å². The van der Waals surface area contributed by atoms with E-state index in [0.717, 1.165) is 23.4 Å². The highest BCUT2D eigenvalue weighted by Crippen LogP contribution is 2.38. The zero-order chi connectivity index (χ0) is 11.9. The quantitative estimate of drug-likeness (QED) is 0.784. The fourth-order valence-electron chi connectivity index (χ4n) is 2.30. The molecule has 1 atom stereocenters. The van der Waals surface area contributed by atoms with Gasteiger partial charge in [-0.15, -0.1) is 0 Å². The van der Waals surface area contributed by atoms with Crippen molar-refractivity contribution in [3.63, 3.8) is 0 Å². The van der Waals surface area contributed by atoms with Gasteiger partial charge in [0.05, 0.1) is 0 Å². The number of halogens is 1. The van der Waals surface area contributed by atoms with Gasteiger partial charge in [-0.2, -0.15) is 0 Å². The van der Waals surface area contributed by atoms with Crippen molar-refractivity contribution >= 4 is 11.4 Å². The largest absolute Gasteiger partial charge is 0.350 e. The highest BCUT2D eigenvalue weighted by atomic mass is 19.1. The van der Waals surface area contributed by atoms with E-state index in [9.17, 15) is 4.39 Å². The molecule has 1 N–H and O–H groups in total. The van der Waals surface area contributed by atoms with E-state index in [1.165, 1.54) is 12.1 Å². The number of aliphatic imine (C=N–C) groups is 1. The molecule has 1 aromatic rings. The Hall–Kier alpha value is -1.90. The fraction of sp³-hybridized carbons (Fsp3) is 0.214. The van der Waals surface area contributed by atoms with Gasteiger partial charge in [-0.05, 0) is 42.8 Å². The molecular formula is C14H13FN2. The van der Waals surface area contributed by atoms with E-state index >= 15 is 0 Å². The molecule has 2 nitrogen and oxygen atoms in total. The second kappa shape index (κ2) is 3.55. The van der Waals surface area contributed by atoms with Crippen molar-refractivity contribution in [2.24, 2.45) is 10.4 Å². The van der Waals surface area contributed by atoms with Crippen molar-refractivity contribution in [3.05, 3.63) is 54.1 Å². The summed E-state index contributed by atoms with van der Waals surface area (Å²) in [6, 6.07) is 6.58. The van der Waals surface area contributed by atoms with Crippen LogP contribution in [0.25, 0.3) is 5.57 Å². The SMILES string of the molecule is CC12C=CNC1=NC=C(c1ccc(F)cc1)C2. The Morgan fingerprint density at radius 2 is 2.06 bits per heavy atom. The predicted octanol–water partition coefficient (Wildman–Crippen LogP) is 3.09. The minimum atomic E-state index is -0.206. The zero-order valence-corrected chi connectivity index (χ0v) is 9.57. The number of nitrogens with zero attached hydrogens (tertiary/aromatic N) is 1. The first-order valence-electron chi connectivity index (χ1n) is 5.65. The molecule has 3 heteroatoms. The first-order valence-corrected chi connectivity index (χ1v) is 5.65. The summed E-state index contributed by atoms with van der Waals surface area (Å²) in [6.07, 6.45) is 6.81. The lowest BCUT2D eigenvalue weighted by Gasteiger charge is -2.27. The van der Waals surface area contributed by atoms with Crippen molar-refractivity contribution < 1.29 is 4.39 Å². The molecule has 0 bridgehead atoms. The molecule has 1 aromatic carbocycles. The van der Waals surface area contributed by atoms with Crippen LogP contribution in [0.4, 0.5) is 4.39 Å². The molecule has 2 aliphatic heterocycles. The monoisotopic (exact) mass is 228 g/mol. The molecule has 0 amide bonds. The van der Waals surface area contributed by atoms with Gasteiger partial charge in [0.15, 0.2) is 0 Å². The minimum Gasteiger partial charge on any atom is -0.350 e. The lowest BCUT2D eigenvalue weighted by Crippen LogP contribution is -2.31. The first-order chi connectivity index (χ1) is 8.17. The third-order valence-electron chi connectivity index (χ3n) is 3.33. The fourth-order valence-corrected chi connectivity index (χ4v) is 2.30. The van der Waals surface area contributed by atoms with E-state index < -0.39 is 0 Å². The number of benzene rings is 1. The van der Waals surface area contributed by atoms with E-state index in [0.29, 0.717) is 0 Å². The number of hydrogen-bond acceptors (Lipinski definition) is 2. The van der Waals surface area contributed by atoms with Gasteiger partial charge in [0.25, 0.3) is 0 Å². The molecule has 0 fully saturated rings. The Morgan fingerprint density at radius 3 is 2.82 bits per heavy atom. The summed E-state index contributed by atoms with van der Waals surface area (Å²) in [5.74, 6) is 0.784. The number of amidine groups is 1. The first kappa shape index (κ1) is 10.3. The summed E-state index contributed by atoms with van der Waals surface area (Å²) in [4.78, 5) is 4.43. The summed E-state index contributed by atoms with van der Waals surface area (Å²) >= 11 is 0. The Kier molecular flexibility index (Phi) is 2.15. The van der Waals surface area contributed by atoms with Gasteiger partial charge in [-0.25, -0.2) is 9.38 Å². The number of fused-ring (bicyclic) bond motifs is 1. The minimum absolute atomic E-state index is 0.0432. The molecule has 1 unspecified atom stereocenters. The number of hydrogen-bond donors (Lipinski definition) is 1. The maximum absolute atomic E-state index is 12.9. The molecule has 0 radical (unpaired) electrons. The zero-order valence-electron chi connectivity index (χ0n) is 9.57. The highest BCUT2D eigenvalue weighted by Gasteiger charge is 2.34. The average Bonchev–Trinajstić information content (AvgIpc) is 2.70. The van der Waals surface area contributed by atoms with Crippen LogP contribution in [0, 0.1) is 11.2 Å². The third-order valence-corrected chi connectivity index (χ3v) is 3.33. The second-order valence-corrected chi connectivity index (χ2v) is 4.71. The molecule has 0 aliphatic carbocycles. The molecule has 3 rings (SSSR count). The lowest BCUT2D eigenvalue weighted by molar-refractivity contribution is 0.611. The van der Waals surface area contributed by atoms with Crippen LogP contribution in [-0.2, 0) is 0 Å². The molecule has 0 spiro atoms. The molecule has 0 aromatic heterocycles. The van der Waals surface area contributed by atoms with E-state index in [-0.39, 0.29) is 11.2 Å². The Bertz CT molecular complexity index is 540. The maximum atomic E-state index is 12.9. The predicted molar refractivity (Wildman–Crippen MR) is 66.8 cm³/mol. The van der Waals surface area contributed by atoms with Crippen LogP contribution >= 0.6 is 0 Å². The summed E-state index contributed by atoms with van der Waals surface area (Å²) in [5.41, 5.74) is 2.14. The van der Waals surface area contributed by atoms with Gasteiger partial charge < -0.3 is 5.32 Å². The van der Waals surface area contributed by atoms with Crippen LogP contribution in [-0.4, -0.2) is 5.84 Å². The van der Waals surface area contributed by atoms with E-state index in [1.54, 1.807) is 12.1 Å². The Morgan fingerprint density at radius 1 is 1.29 bits per heavy atom. The standard InChI is InChI=1S/C14H13FN2/c1-14-6-7-16-13(14)17-9-11(8-14)10-2-4-12(15)5-3-10/h2-7,9H,8H2,1H3,(H,16,17). The van der Waals surface area contributed by atoms with Crippen molar-refractivity contribution in [2.75, 3.05) is 0 Å². The highest BCUT2D eigenvalue weighted by molar-refractivity contribution is 5.96. The second-order valence-electron chi connectivity index (χ2n) is 4.71. The van der Waals surface area contributed by atoms with Crippen LogP contribution in [0.15, 0.2) is 47.7 Å². The molecule has 2 aliphatic rings. The van der Waals surface area contributed by atoms with Gasteiger partial charge in [0.1, 0.15) is 11.7 Å². The lowest BCUT2D eigenvalue weighted by atomic mass is 9.80. The Labute approximate surface area is 99.6 Å². The summed E-state index contributed by atoms with van der Waals surface area (Å²) < 4.78 is 12.9. The van der Waals surface area contributed by atoms with Crippen molar-refractivity contribution in [3.8, 4) is 0 Å². The molecule has 0 saturated carbocycles. The molecule has 86 valence electrons. The maximum Gasteiger partial charge on any atom is 0.123 e. The Balaban J connectivity index is 1.96. The van der Waals surface area contributed by atoms with Crippen LogP contribution in [0.1, 0.15) is 18.9 Å². The van der Waals surface area contributed by atoms with Crippen molar-refractivity contribution in [2.45, 2.75) is 13.3 Å². The summed E-state index contributed by atoms with van der Waals surface area (Å²) in [5, 5.41) is 3.15. The van der Waals surface area contributed by atoms with Crippen LogP contribution in [0.2, 0.25) is 0 Å². The van der Waals surface area contributed by atoms with Crippen LogP contribution in [0.3, 0.4) is 0 Å². The van der Waals surface area contributed by atoms with E-state index in [2.05, 4.69) is 23.3 Å². The average molecular weight is 228 g/mol. The third kappa shape index (κ3) is 1.68. The number of nitrogens with one attached hydrogen (secondary N) is 1. The van der Waals surface area contributed by atoms with Crippen LogP contribution in [0.5, 0.6) is 0 Å². The normalized spacial score (nSPS) is 26.0. The molecule has 0 saturated heterocycles. The smallest absolute Gasteiger partial charge is 0.123 e. The topological polar surface area (TPSA) is 24.4 Å². The molecular weight excluding hydrogens is 215 g/mol. The van der Waals surface area contributed by atoms with Gasteiger partial charge >= 0.3 is 0 Å². The van der Waals surface area contributed by atoms with Gasteiger partial charge in [0.2, 0.25) is 0 Å². The number of rotatable bonds is 1. The molecule has 17 heavy (non-hydrogen) atoms. The van der Waals surface area contributed by atoms with E-state index in [4.69, 9.17) is 0 Å². The van der Waals surface area contributed by atoms with Gasteiger partial charge in [-0.1, -0.05) is 18.2 Å². The molecule has 2 heterocycles. The van der Waals surface area contributed by atoms with Gasteiger partial charge in [-0.3, -0.25) is 0 Å². The number of allylic oxidation sites excluding steroid dienone is 1.